The Hall–Kier alpha value is -0.160. The highest BCUT2D eigenvalue weighted by Crippen LogP contribution is 1.81. The van der Waals surface area contributed by atoms with Crippen LogP contribution in [0.3, 0.4) is 0 Å². The molecule has 12 heavy (non-hydrogen) atoms. The second-order valence-corrected chi connectivity index (χ2v) is 2.65. The third-order valence-corrected chi connectivity index (χ3v) is 1.39. The van der Waals surface area contributed by atoms with E-state index in [2.05, 4.69) is 12.2 Å². The highest BCUT2D eigenvalue weighted by atomic mass is 16.5. The summed E-state index contributed by atoms with van der Waals surface area (Å²) in [6, 6.07) is 0.354. The van der Waals surface area contributed by atoms with Crippen LogP contribution in [0.4, 0.5) is 0 Å². The van der Waals surface area contributed by atoms with E-state index in [-0.39, 0.29) is 6.61 Å². The molecule has 0 rings (SSSR count). The zero-order valence-electron chi connectivity index (χ0n) is 7.88. The summed E-state index contributed by atoms with van der Waals surface area (Å²) in [5.41, 5.74) is 0. The molecule has 0 spiro atoms. The van der Waals surface area contributed by atoms with Crippen LogP contribution in [0, 0.1) is 0 Å². The number of aliphatic hydroxyl groups excluding tert-OH is 1. The van der Waals surface area contributed by atoms with Gasteiger partial charge in [-0.3, -0.25) is 0 Å². The van der Waals surface area contributed by atoms with Gasteiger partial charge in [0.1, 0.15) is 0 Å². The Morgan fingerprint density at radius 1 is 1.42 bits per heavy atom. The van der Waals surface area contributed by atoms with Crippen LogP contribution in [-0.2, 0) is 9.47 Å². The van der Waals surface area contributed by atoms with Crippen LogP contribution in [0.15, 0.2) is 0 Å². The highest BCUT2D eigenvalue weighted by molar-refractivity contribution is 4.57. The van der Waals surface area contributed by atoms with Gasteiger partial charge in [0, 0.05) is 19.7 Å². The molecule has 0 saturated carbocycles. The lowest BCUT2D eigenvalue weighted by molar-refractivity contribution is 0.0899. The van der Waals surface area contributed by atoms with Crippen molar-refractivity contribution in [2.45, 2.75) is 13.0 Å². The van der Waals surface area contributed by atoms with Crippen molar-refractivity contribution in [3.05, 3.63) is 0 Å². The first-order chi connectivity index (χ1) is 5.81. The van der Waals surface area contributed by atoms with E-state index in [9.17, 15) is 0 Å². The number of ether oxygens (including phenoxy) is 2. The van der Waals surface area contributed by atoms with Gasteiger partial charge in [-0.25, -0.2) is 0 Å². The summed E-state index contributed by atoms with van der Waals surface area (Å²) in [4.78, 5) is 0. The summed E-state index contributed by atoms with van der Waals surface area (Å²) in [5, 5.41) is 11.6. The van der Waals surface area contributed by atoms with E-state index in [4.69, 9.17) is 14.6 Å². The summed E-state index contributed by atoms with van der Waals surface area (Å²) in [5.74, 6) is 0. The number of aliphatic hydroxyl groups is 1. The molecule has 74 valence electrons. The molecule has 0 aromatic carbocycles. The largest absolute Gasteiger partial charge is 0.394 e. The summed E-state index contributed by atoms with van der Waals surface area (Å²) in [6.07, 6.45) is 0. The smallest absolute Gasteiger partial charge is 0.0698 e. The molecule has 0 amide bonds. The van der Waals surface area contributed by atoms with Crippen LogP contribution in [0.5, 0.6) is 0 Å². The van der Waals surface area contributed by atoms with E-state index in [1.54, 1.807) is 7.11 Å². The first kappa shape index (κ1) is 11.8. The lowest BCUT2D eigenvalue weighted by Crippen LogP contribution is -2.33. The zero-order valence-corrected chi connectivity index (χ0v) is 7.88. The maximum Gasteiger partial charge on any atom is 0.0698 e. The Labute approximate surface area is 73.9 Å². The topological polar surface area (TPSA) is 50.7 Å². The monoisotopic (exact) mass is 177 g/mol. The molecule has 1 atom stereocenters. The van der Waals surface area contributed by atoms with Crippen molar-refractivity contribution in [1.82, 2.24) is 5.32 Å². The fourth-order valence-electron chi connectivity index (χ4n) is 0.853. The van der Waals surface area contributed by atoms with Crippen LogP contribution >= 0.6 is 0 Å². The van der Waals surface area contributed by atoms with Gasteiger partial charge in [0.25, 0.3) is 0 Å². The summed E-state index contributed by atoms with van der Waals surface area (Å²) in [6.45, 7) is 4.70. The molecule has 4 heteroatoms. The van der Waals surface area contributed by atoms with Gasteiger partial charge in [0.05, 0.1) is 26.4 Å². The Kier molecular flexibility index (Phi) is 8.81. The van der Waals surface area contributed by atoms with E-state index in [0.29, 0.717) is 25.9 Å². The minimum absolute atomic E-state index is 0.0909. The number of hydrogen-bond acceptors (Lipinski definition) is 4. The fourth-order valence-corrected chi connectivity index (χ4v) is 0.853. The van der Waals surface area contributed by atoms with Gasteiger partial charge in [-0.15, -0.1) is 0 Å². The maximum atomic E-state index is 8.39. The Balaban J connectivity index is 2.97. The molecule has 0 heterocycles. The van der Waals surface area contributed by atoms with Gasteiger partial charge in [0.15, 0.2) is 0 Å². The van der Waals surface area contributed by atoms with Crippen LogP contribution in [-0.4, -0.2) is 51.2 Å². The molecule has 0 radical (unpaired) electrons. The summed E-state index contributed by atoms with van der Waals surface area (Å²) < 4.78 is 10.00. The molecule has 0 aromatic heterocycles. The molecule has 0 aliphatic rings. The zero-order chi connectivity index (χ0) is 9.23. The Morgan fingerprint density at radius 2 is 2.17 bits per heavy atom. The average Bonchev–Trinajstić information content (AvgIpc) is 2.05. The highest BCUT2D eigenvalue weighted by Gasteiger charge is 1.97. The number of hydrogen-bond donors (Lipinski definition) is 2. The summed E-state index contributed by atoms with van der Waals surface area (Å²) in [7, 11) is 1.68. The van der Waals surface area contributed by atoms with Crippen molar-refractivity contribution in [3.8, 4) is 0 Å². The van der Waals surface area contributed by atoms with Gasteiger partial charge < -0.3 is 19.9 Å². The van der Waals surface area contributed by atoms with Crippen molar-refractivity contribution >= 4 is 0 Å². The van der Waals surface area contributed by atoms with Crippen molar-refractivity contribution in [2.24, 2.45) is 0 Å². The molecular formula is C8H19NO3. The van der Waals surface area contributed by atoms with E-state index in [1.165, 1.54) is 0 Å². The van der Waals surface area contributed by atoms with E-state index >= 15 is 0 Å². The Bertz CT molecular complexity index is 90.4. The molecule has 0 aromatic rings. The van der Waals surface area contributed by atoms with Crippen molar-refractivity contribution in [3.63, 3.8) is 0 Å². The lowest BCUT2D eigenvalue weighted by Gasteiger charge is -2.12. The molecule has 0 aliphatic heterocycles. The van der Waals surface area contributed by atoms with E-state index in [0.717, 1.165) is 6.54 Å². The van der Waals surface area contributed by atoms with Crippen molar-refractivity contribution in [1.29, 1.82) is 0 Å². The van der Waals surface area contributed by atoms with Gasteiger partial charge in [-0.05, 0) is 6.92 Å². The molecule has 1 unspecified atom stereocenters. The van der Waals surface area contributed by atoms with Gasteiger partial charge in [-0.1, -0.05) is 0 Å². The second-order valence-electron chi connectivity index (χ2n) is 2.65. The molecule has 0 saturated heterocycles. The molecular weight excluding hydrogens is 158 g/mol. The molecule has 2 N–H and O–H groups in total. The first-order valence-electron chi connectivity index (χ1n) is 4.22. The number of methoxy groups -OCH3 is 1. The predicted molar refractivity (Wildman–Crippen MR) is 47.2 cm³/mol. The van der Waals surface area contributed by atoms with Crippen LogP contribution in [0.2, 0.25) is 0 Å². The minimum Gasteiger partial charge on any atom is -0.394 e. The molecule has 0 bridgehead atoms. The third-order valence-electron chi connectivity index (χ3n) is 1.39. The van der Waals surface area contributed by atoms with Crippen LogP contribution in [0.25, 0.3) is 0 Å². The summed E-state index contributed by atoms with van der Waals surface area (Å²) >= 11 is 0. The maximum absolute atomic E-state index is 8.39. The average molecular weight is 177 g/mol. The Morgan fingerprint density at radius 3 is 2.75 bits per heavy atom. The molecule has 4 nitrogen and oxygen atoms in total. The first-order valence-corrected chi connectivity index (χ1v) is 4.22. The molecule has 0 fully saturated rings. The fraction of sp³-hybridized carbons (Fsp3) is 1.00. The minimum atomic E-state index is 0.0909. The van der Waals surface area contributed by atoms with Crippen molar-refractivity contribution < 1.29 is 14.6 Å². The van der Waals surface area contributed by atoms with Gasteiger partial charge in [-0.2, -0.15) is 0 Å². The predicted octanol–water partition coefficient (Wildman–Crippen LogP) is -0.380. The lowest BCUT2D eigenvalue weighted by atomic mass is 10.3. The number of rotatable bonds is 8. The van der Waals surface area contributed by atoms with E-state index in [1.807, 2.05) is 0 Å². The van der Waals surface area contributed by atoms with Crippen molar-refractivity contribution in [2.75, 3.05) is 40.1 Å². The van der Waals surface area contributed by atoms with Gasteiger partial charge >= 0.3 is 0 Å². The standard InChI is InChI=1S/C8H19NO3/c1-8(7-11-2)9-3-5-12-6-4-10/h8-10H,3-7H2,1-2H3. The second kappa shape index (κ2) is 8.93. The van der Waals surface area contributed by atoms with Gasteiger partial charge in [0.2, 0.25) is 0 Å². The van der Waals surface area contributed by atoms with Crippen LogP contribution < -0.4 is 5.32 Å². The normalized spacial score (nSPS) is 13.2. The van der Waals surface area contributed by atoms with E-state index < -0.39 is 0 Å². The number of nitrogens with one attached hydrogen (secondary N) is 1. The third kappa shape index (κ3) is 7.94. The van der Waals surface area contributed by atoms with Crippen LogP contribution in [0.1, 0.15) is 6.92 Å². The quantitative estimate of drug-likeness (QED) is 0.496. The SMILES string of the molecule is COCC(C)NCCOCCO. The molecule has 0 aliphatic carbocycles.